The molecule has 0 saturated carbocycles. The first-order valence-corrected chi connectivity index (χ1v) is 14.5. The van der Waals surface area contributed by atoms with Gasteiger partial charge in [0.05, 0.1) is 37.5 Å². The van der Waals surface area contributed by atoms with Gasteiger partial charge in [-0.2, -0.15) is 0 Å². The number of nitrogens with zero attached hydrogens (tertiary/aromatic N) is 1. The molecule has 0 aliphatic carbocycles. The quantitative estimate of drug-likeness (QED) is 0.322. The van der Waals surface area contributed by atoms with Crippen LogP contribution in [0.2, 0.25) is 0 Å². The summed E-state index contributed by atoms with van der Waals surface area (Å²) < 4.78 is 22.5. The second-order valence-electron chi connectivity index (χ2n) is 10.1. The van der Waals surface area contributed by atoms with E-state index in [1.807, 2.05) is 20.8 Å². The highest BCUT2D eigenvalue weighted by Gasteiger charge is 2.19. The molecule has 0 heterocycles. The van der Waals surface area contributed by atoms with Gasteiger partial charge in [-0.25, -0.2) is 13.1 Å². The number of hydrogen-bond acceptors (Lipinski definition) is 6. The third kappa shape index (κ3) is 47.7. The monoisotopic (exact) mass is 619 g/mol. The number of nitrogens with one attached hydrogen (secondary N) is 4. The maximum Gasteiger partial charge on any atom is 0.226 e. The van der Waals surface area contributed by atoms with Gasteiger partial charge in [-0.15, -0.1) is 32.1 Å². The lowest BCUT2D eigenvalue weighted by atomic mass is 9.96. The standard InChI is InChI=1S/C8H13NO.C7H11NO.2C6H9NO.C4H7NO2S/c1-5-6-9-7(10)8(2,3)4;1-5-7(3,4)8-6(2)9;1-4-5-7(3)6(2)8;1-4-5(2)7-6(3)8;1-3-4-5-8(2,6)7/h1H,6H2,2-4H3,(H,9,10);1H,2-4H3,(H,8,9);1H,5H2,2-3H3;1,5H,2-3H3,(H,7,8);1,5H,4H2,2H3. The van der Waals surface area contributed by atoms with Crippen LogP contribution in [-0.2, 0) is 29.2 Å². The van der Waals surface area contributed by atoms with E-state index in [0.29, 0.717) is 13.1 Å². The first-order valence-electron chi connectivity index (χ1n) is 12.6. The Morgan fingerprint density at radius 2 is 1.30 bits per heavy atom. The number of amides is 4. The molecule has 0 spiro atoms. The average Bonchev–Trinajstić information content (AvgIpc) is 2.85. The van der Waals surface area contributed by atoms with Crippen LogP contribution in [0.5, 0.6) is 0 Å². The van der Waals surface area contributed by atoms with E-state index >= 15 is 0 Å². The summed E-state index contributed by atoms with van der Waals surface area (Å²) in [4.78, 5) is 43.5. The maximum absolute atomic E-state index is 11.0. The van der Waals surface area contributed by atoms with E-state index in [1.165, 1.54) is 25.7 Å². The minimum absolute atomic E-state index is 0.00273. The van der Waals surface area contributed by atoms with Gasteiger partial charge in [0.15, 0.2) is 0 Å². The van der Waals surface area contributed by atoms with Crippen molar-refractivity contribution in [1.82, 2.24) is 25.6 Å². The highest BCUT2D eigenvalue weighted by atomic mass is 32.2. The Morgan fingerprint density at radius 1 is 0.837 bits per heavy atom. The van der Waals surface area contributed by atoms with E-state index in [2.05, 4.69) is 50.3 Å². The van der Waals surface area contributed by atoms with Crippen molar-refractivity contribution in [2.24, 2.45) is 5.41 Å². The predicted octanol–water partition coefficient (Wildman–Crippen LogP) is 0.727. The molecule has 0 aromatic carbocycles. The molecule has 240 valence electrons. The second-order valence-corrected chi connectivity index (χ2v) is 11.9. The first kappa shape index (κ1) is 48.3. The molecule has 4 N–H and O–H groups in total. The normalized spacial score (nSPS) is 10.0. The first-order chi connectivity index (χ1) is 19.4. The molecular weight excluding hydrogens is 570 g/mol. The average molecular weight is 620 g/mol. The summed E-state index contributed by atoms with van der Waals surface area (Å²) in [6.07, 6.45) is 25.7. The van der Waals surface area contributed by atoms with Gasteiger partial charge in [0, 0.05) is 33.2 Å². The minimum Gasteiger partial charge on any atom is -0.345 e. The van der Waals surface area contributed by atoms with Crippen molar-refractivity contribution in [3.63, 3.8) is 0 Å². The second kappa shape index (κ2) is 26.5. The zero-order valence-corrected chi connectivity index (χ0v) is 28.2. The lowest BCUT2D eigenvalue weighted by molar-refractivity contribution is -0.128. The molecule has 0 aliphatic rings. The molecule has 0 aromatic rings. The highest BCUT2D eigenvalue weighted by molar-refractivity contribution is 7.88. The molecule has 0 radical (unpaired) electrons. The molecule has 1 unspecified atom stereocenters. The van der Waals surface area contributed by atoms with Crippen molar-refractivity contribution in [2.45, 2.75) is 73.9 Å². The highest BCUT2D eigenvalue weighted by Crippen LogP contribution is 2.11. The van der Waals surface area contributed by atoms with E-state index in [0.717, 1.165) is 6.26 Å². The van der Waals surface area contributed by atoms with Gasteiger partial charge >= 0.3 is 0 Å². The predicted molar refractivity (Wildman–Crippen MR) is 174 cm³/mol. The summed E-state index contributed by atoms with van der Waals surface area (Å²) >= 11 is 0. The number of rotatable bonds is 6. The van der Waals surface area contributed by atoms with Crippen LogP contribution < -0.4 is 20.7 Å². The third-order valence-electron chi connectivity index (χ3n) is 3.85. The summed E-state index contributed by atoms with van der Waals surface area (Å²) in [5, 5.41) is 7.71. The molecule has 0 aromatic heterocycles. The van der Waals surface area contributed by atoms with Crippen molar-refractivity contribution in [2.75, 3.05) is 32.9 Å². The van der Waals surface area contributed by atoms with E-state index in [-0.39, 0.29) is 41.6 Å². The summed E-state index contributed by atoms with van der Waals surface area (Å²) in [6.45, 7) is 16.0. The Balaban J connectivity index is -0.000000140. The maximum atomic E-state index is 11.0. The van der Waals surface area contributed by atoms with Crippen LogP contribution in [-0.4, -0.2) is 81.5 Å². The van der Waals surface area contributed by atoms with Gasteiger partial charge in [-0.3, -0.25) is 19.2 Å². The number of hydrogen-bond donors (Lipinski definition) is 4. The van der Waals surface area contributed by atoms with Crippen LogP contribution in [0, 0.1) is 67.1 Å². The van der Waals surface area contributed by atoms with Gasteiger partial charge in [-0.1, -0.05) is 50.4 Å². The minimum atomic E-state index is -3.08. The lowest BCUT2D eigenvalue weighted by Gasteiger charge is -2.17. The third-order valence-corrected chi connectivity index (χ3v) is 4.52. The zero-order valence-electron chi connectivity index (χ0n) is 27.4. The van der Waals surface area contributed by atoms with E-state index < -0.39 is 15.6 Å². The van der Waals surface area contributed by atoms with Gasteiger partial charge in [0.2, 0.25) is 33.7 Å². The summed E-state index contributed by atoms with van der Waals surface area (Å²) in [6, 6.07) is -0.146. The van der Waals surface area contributed by atoms with E-state index in [1.54, 1.807) is 27.8 Å². The number of sulfonamides is 1. The molecule has 0 saturated heterocycles. The molecule has 4 amide bonds. The summed E-state index contributed by atoms with van der Waals surface area (Å²) in [5.74, 6) is 11.4. The van der Waals surface area contributed by atoms with Gasteiger partial charge in [0.25, 0.3) is 0 Å². The molecule has 43 heavy (non-hydrogen) atoms. The van der Waals surface area contributed by atoms with Gasteiger partial charge < -0.3 is 20.9 Å². The van der Waals surface area contributed by atoms with Crippen molar-refractivity contribution in [1.29, 1.82) is 0 Å². The van der Waals surface area contributed by atoms with Crippen molar-refractivity contribution >= 4 is 33.7 Å². The Kier molecular flexibility index (Phi) is 29.8. The van der Waals surface area contributed by atoms with Crippen molar-refractivity contribution < 1.29 is 27.6 Å². The Hall–Kier alpha value is -4.41. The largest absolute Gasteiger partial charge is 0.345 e. The van der Waals surface area contributed by atoms with Crippen molar-refractivity contribution in [3.05, 3.63) is 0 Å². The van der Waals surface area contributed by atoms with Crippen LogP contribution in [0.15, 0.2) is 0 Å². The number of terminal acetylenes is 5. The van der Waals surface area contributed by atoms with Crippen LogP contribution in [0.4, 0.5) is 0 Å². The lowest BCUT2D eigenvalue weighted by Crippen LogP contribution is -2.40. The van der Waals surface area contributed by atoms with E-state index in [9.17, 15) is 27.6 Å². The molecular formula is C31H49N5O6S. The molecule has 0 bridgehead atoms. The topological polar surface area (TPSA) is 154 Å². The van der Waals surface area contributed by atoms with Gasteiger partial charge in [0.1, 0.15) is 0 Å². The fourth-order valence-electron chi connectivity index (χ4n) is 1.64. The Bertz CT molecular complexity index is 1180. The smallest absolute Gasteiger partial charge is 0.226 e. The molecule has 0 rings (SSSR count). The van der Waals surface area contributed by atoms with Crippen LogP contribution in [0.3, 0.4) is 0 Å². The Morgan fingerprint density at radius 3 is 1.47 bits per heavy atom. The summed E-state index contributed by atoms with van der Waals surface area (Å²) in [7, 11) is -1.41. The number of carbonyl (C=O) groups excluding carboxylic acids is 4. The number of carbonyl (C=O) groups is 4. The van der Waals surface area contributed by atoms with Crippen LogP contribution in [0.25, 0.3) is 0 Å². The molecule has 11 nitrogen and oxygen atoms in total. The fourth-order valence-corrected chi connectivity index (χ4v) is 1.99. The van der Waals surface area contributed by atoms with Crippen LogP contribution in [0.1, 0.15) is 62.3 Å². The zero-order chi connectivity index (χ0) is 35.4. The Labute approximate surface area is 260 Å². The van der Waals surface area contributed by atoms with Crippen molar-refractivity contribution in [3.8, 4) is 61.7 Å². The SMILES string of the molecule is C#CC(C)(C)NC(C)=O.C#CC(C)NC(C)=O.C#CCN(C)C(C)=O.C#CCNC(=O)C(C)(C)C.C#CCNS(C)(=O)=O. The molecule has 12 heteroatoms. The molecule has 0 aliphatic heterocycles. The van der Waals surface area contributed by atoms with Gasteiger partial charge in [-0.05, 0) is 20.8 Å². The molecule has 1 atom stereocenters. The van der Waals surface area contributed by atoms with Crippen LogP contribution >= 0.6 is 0 Å². The fraction of sp³-hybridized carbons (Fsp3) is 0.548. The summed E-state index contributed by atoms with van der Waals surface area (Å²) in [5.41, 5.74) is -0.845. The van der Waals surface area contributed by atoms with E-state index in [4.69, 9.17) is 32.1 Å². The molecule has 0 fully saturated rings.